The van der Waals surface area contributed by atoms with Crippen molar-refractivity contribution in [2.75, 3.05) is 6.54 Å². The Morgan fingerprint density at radius 1 is 1.35 bits per heavy atom. The summed E-state index contributed by atoms with van der Waals surface area (Å²) in [7, 11) is 0. The first-order valence-electron chi connectivity index (χ1n) is 7.01. The van der Waals surface area contributed by atoms with Crippen LogP contribution in [-0.2, 0) is 4.79 Å². The number of hydrogen-bond donors (Lipinski definition) is 1. The third-order valence-electron chi connectivity index (χ3n) is 3.53. The van der Waals surface area contributed by atoms with Gasteiger partial charge in [0, 0.05) is 18.0 Å². The van der Waals surface area contributed by atoms with Crippen molar-refractivity contribution in [3.8, 4) is 0 Å². The molecule has 1 aliphatic carbocycles. The highest BCUT2D eigenvalue weighted by atomic mass is 35.5. The predicted octanol–water partition coefficient (Wildman–Crippen LogP) is 4.22. The van der Waals surface area contributed by atoms with E-state index in [1.165, 1.54) is 11.1 Å². The summed E-state index contributed by atoms with van der Waals surface area (Å²) in [5.41, 5.74) is 3.63. The number of benzene rings is 1. The van der Waals surface area contributed by atoms with Crippen molar-refractivity contribution in [1.82, 2.24) is 5.32 Å². The molecule has 1 amide bonds. The molecule has 0 radical (unpaired) electrons. The maximum Gasteiger partial charge on any atom is 0.220 e. The second-order valence-electron chi connectivity index (χ2n) is 5.13. The maximum absolute atomic E-state index is 11.7. The van der Waals surface area contributed by atoms with Gasteiger partial charge in [-0.3, -0.25) is 4.79 Å². The number of carbonyl (C=O) groups excluding carboxylic acids is 1. The Morgan fingerprint density at radius 3 is 2.70 bits per heavy atom. The quantitative estimate of drug-likeness (QED) is 0.883. The highest BCUT2D eigenvalue weighted by Crippen LogP contribution is 2.32. The monoisotopic (exact) mass is 289 g/mol. The van der Waals surface area contributed by atoms with Crippen LogP contribution in [0.1, 0.15) is 32.3 Å². The molecule has 1 N–H and O–H groups in total. The van der Waals surface area contributed by atoms with E-state index < -0.39 is 0 Å². The lowest BCUT2D eigenvalue weighted by atomic mass is 9.86. The van der Waals surface area contributed by atoms with Crippen molar-refractivity contribution in [2.24, 2.45) is 5.92 Å². The molecule has 0 aromatic heterocycles. The van der Waals surface area contributed by atoms with E-state index in [9.17, 15) is 4.79 Å². The first-order valence-corrected chi connectivity index (χ1v) is 7.39. The molecule has 1 aliphatic rings. The molecule has 3 heteroatoms. The van der Waals surface area contributed by atoms with Gasteiger partial charge < -0.3 is 5.32 Å². The molecule has 20 heavy (non-hydrogen) atoms. The van der Waals surface area contributed by atoms with Crippen LogP contribution in [0.3, 0.4) is 0 Å². The van der Waals surface area contributed by atoms with Crippen molar-refractivity contribution in [1.29, 1.82) is 0 Å². The molecule has 1 aromatic rings. The van der Waals surface area contributed by atoms with Gasteiger partial charge in [-0.2, -0.15) is 0 Å². The third-order valence-corrected chi connectivity index (χ3v) is 3.78. The van der Waals surface area contributed by atoms with Crippen molar-refractivity contribution < 1.29 is 4.79 Å². The zero-order chi connectivity index (χ0) is 14.5. The topological polar surface area (TPSA) is 29.1 Å². The Kier molecular flexibility index (Phi) is 5.02. The number of nitrogens with one attached hydrogen (secondary N) is 1. The molecule has 0 fully saturated rings. The first-order chi connectivity index (χ1) is 9.60. The largest absolute Gasteiger partial charge is 0.356 e. The highest BCUT2D eigenvalue weighted by molar-refractivity contribution is 6.30. The summed E-state index contributed by atoms with van der Waals surface area (Å²) >= 11 is 5.93. The molecule has 0 heterocycles. The summed E-state index contributed by atoms with van der Waals surface area (Å²) in [6.45, 7) is 4.74. The number of allylic oxidation sites excluding steroid dienone is 4. The van der Waals surface area contributed by atoms with E-state index in [0.717, 1.165) is 17.0 Å². The Bertz CT molecular complexity index is 543. The summed E-state index contributed by atoms with van der Waals surface area (Å²) in [5, 5.41) is 3.60. The molecule has 2 nitrogen and oxygen atoms in total. The van der Waals surface area contributed by atoms with E-state index in [1.54, 1.807) is 0 Å². The van der Waals surface area contributed by atoms with Crippen LogP contribution in [0.15, 0.2) is 42.0 Å². The van der Waals surface area contributed by atoms with Gasteiger partial charge in [0.25, 0.3) is 0 Å². The summed E-state index contributed by atoms with van der Waals surface area (Å²) in [4.78, 5) is 11.7. The molecule has 0 saturated heterocycles. The number of carbonyl (C=O) groups is 1. The number of hydrogen-bond acceptors (Lipinski definition) is 1. The lowest BCUT2D eigenvalue weighted by molar-refractivity contribution is -0.121. The number of amides is 1. The smallest absolute Gasteiger partial charge is 0.220 e. The summed E-state index contributed by atoms with van der Waals surface area (Å²) < 4.78 is 0. The zero-order valence-corrected chi connectivity index (χ0v) is 12.7. The van der Waals surface area contributed by atoms with Crippen molar-refractivity contribution in [2.45, 2.75) is 26.7 Å². The molecule has 0 bridgehead atoms. The maximum atomic E-state index is 11.7. The Morgan fingerprint density at radius 2 is 2.05 bits per heavy atom. The average Bonchev–Trinajstić information content (AvgIpc) is 2.42. The fourth-order valence-corrected chi connectivity index (χ4v) is 2.60. The van der Waals surface area contributed by atoms with Crippen LogP contribution in [0.2, 0.25) is 5.02 Å². The molecule has 1 unspecified atom stereocenters. The van der Waals surface area contributed by atoms with Gasteiger partial charge in [-0.25, -0.2) is 0 Å². The Hall–Kier alpha value is -1.54. The van der Waals surface area contributed by atoms with E-state index >= 15 is 0 Å². The SMILES string of the molecule is CCNC(=O)CC1C=C(c2ccc(Cl)cc2)C(C)=CC1. The van der Waals surface area contributed by atoms with Crippen molar-refractivity contribution in [3.63, 3.8) is 0 Å². The van der Waals surface area contributed by atoms with Gasteiger partial charge in [0.05, 0.1) is 0 Å². The van der Waals surface area contributed by atoms with Gasteiger partial charge in [-0.05, 0) is 55.0 Å². The molecule has 106 valence electrons. The standard InChI is InChI=1S/C17H20ClNO/c1-3-19-17(20)11-13-5-4-12(2)16(10-13)14-6-8-15(18)9-7-14/h4,6-10,13H,3,5,11H2,1-2H3,(H,19,20). The van der Waals surface area contributed by atoms with Gasteiger partial charge in [-0.1, -0.05) is 35.9 Å². The van der Waals surface area contributed by atoms with E-state index in [1.807, 2.05) is 31.2 Å². The second-order valence-corrected chi connectivity index (χ2v) is 5.56. The average molecular weight is 290 g/mol. The molecule has 2 rings (SSSR count). The predicted molar refractivity (Wildman–Crippen MR) is 84.6 cm³/mol. The van der Waals surface area contributed by atoms with Crippen LogP contribution in [0.4, 0.5) is 0 Å². The fraction of sp³-hybridized carbons (Fsp3) is 0.353. The van der Waals surface area contributed by atoms with Crippen LogP contribution in [0, 0.1) is 5.92 Å². The van der Waals surface area contributed by atoms with Crippen LogP contribution in [0.25, 0.3) is 5.57 Å². The van der Waals surface area contributed by atoms with Gasteiger partial charge >= 0.3 is 0 Å². The minimum atomic E-state index is 0.122. The van der Waals surface area contributed by atoms with E-state index in [0.29, 0.717) is 13.0 Å². The molecule has 1 atom stereocenters. The zero-order valence-electron chi connectivity index (χ0n) is 11.9. The van der Waals surface area contributed by atoms with Crippen LogP contribution in [-0.4, -0.2) is 12.5 Å². The molecule has 0 saturated carbocycles. The minimum Gasteiger partial charge on any atom is -0.356 e. The Balaban J connectivity index is 2.16. The molecule has 1 aromatic carbocycles. The van der Waals surface area contributed by atoms with Crippen LogP contribution >= 0.6 is 11.6 Å². The molecule has 0 aliphatic heterocycles. The van der Waals surface area contributed by atoms with Crippen LogP contribution < -0.4 is 5.32 Å². The fourth-order valence-electron chi connectivity index (χ4n) is 2.48. The van der Waals surface area contributed by atoms with Crippen molar-refractivity contribution >= 4 is 23.1 Å². The second kappa shape index (κ2) is 6.76. The summed E-state index contributed by atoms with van der Waals surface area (Å²) in [6, 6.07) is 7.86. The van der Waals surface area contributed by atoms with Gasteiger partial charge in [0.2, 0.25) is 5.91 Å². The molecule has 0 spiro atoms. The van der Waals surface area contributed by atoms with Gasteiger partial charge in [0.1, 0.15) is 0 Å². The minimum absolute atomic E-state index is 0.122. The van der Waals surface area contributed by atoms with Crippen molar-refractivity contribution in [3.05, 3.63) is 52.6 Å². The summed E-state index contributed by atoms with van der Waals surface area (Å²) in [6.07, 6.45) is 5.91. The third kappa shape index (κ3) is 3.73. The highest BCUT2D eigenvalue weighted by Gasteiger charge is 2.17. The lowest BCUT2D eigenvalue weighted by Gasteiger charge is -2.20. The van der Waals surface area contributed by atoms with Gasteiger partial charge in [-0.15, -0.1) is 0 Å². The first kappa shape index (κ1) is 14.9. The Labute approximate surface area is 125 Å². The normalized spacial score (nSPS) is 18.2. The number of halogens is 1. The van der Waals surface area contributed by atoms with E-state index in [2.05, 4.69) is 24.4 Å². The number of rotatable bonds is 4. The molecular weight excluding hydrogens is 270 g/mol. The molecular formula is C17H20ClNO. The van der Waals surface area contributed by atoms with E-state index in [4.69, 9.17) is 11.6 Å². The lowest BCUT2D eigenvalue weighted by Crippen LogP contribution is -2.25. The van der Waals surface area contributed by atoms with E-state index in [-0.39, 0.29) is 11.8 Å². The summed E-state index contributed by atoms with van der Waals surface area (Å²) in [5.74, 6) is 0.396. The van der Waals surface area contributed by atoms with Crippen LogP contribution in [0.5, 0.6) is 0 Å². The van der Waals surface area contributed by atoms with Gasteiger partial charge in [0.15, 0.2) is 0 Å².